The first-order valence-corrected chi connectivity index (χ1v) is 7.15. The second-order valence-corrected chi connectivity index (χ2v) is 4.58. The Bertz CT molecular complexity index is 604. The number of amides is 3. The van der Waals surface area contributed by atoms with Crippen molar-refractivity contribution in [1.82, 2.24) is 16.0 Å². The van der Waals surface area contributed by atoms with Gasteiger partial charge in [-0.05, 0) is 31.2 Å². The molecule has 3 amide bonds. The molecule has 0 heterocycles. The molecule has 130 valence electrons. The van der Waals surface area contributed by atoms with Gasteiger partial charge in [-0.3, -0.25) is 19.2 Å². The van der Waals surface area contributed by atoms with Crippen LogP contribution in [-0.4, -0.2) is 49.9 Å². The Labute approximate surface area is 137 Å². The lowest BCUT2D eigenvalue weighted by molar-refractivity contribution is -0.147. The molecular weight excluding hydrogens is 321 g/mol. The molecule has 9 heteroatoms. The van der Waals surface area contributed by atoms with Gasteiger partial charge >= 0.3 is 5.97 Å². The first-order chi connectivity index (χ1) is 11.4. The molecule has 8 nitrogen and oxygen atoms in total. The molecule has 0 unspecified atom stereocenters. The van der Waals surface area contributed by atoms with Crippen molar-refractivity contribution < 1.29 is 28.3 Å². The Morgan fingerprint density at radius 1 is 0.958 bits per heavy atom. The first kappa shape index (κ1) is 19.1. The summed E-state index contributed by atoms with van der Waals surface area (Å²) >= 11 is 0. The quantitative estimate of drug-likeness (QED) is 0.545. The molecule has 1 aromatic carbocycles. The Balaban J connectivity index is 2.24. The maximum absolute atomic E-state index is 12.7. The van der Waals surface area contributed by atoms with Crippen molar-refractivity contribution >= 4 is 23.7 Å². The number of carbonyl (C=O) groups excluding carboxylic acids is 4. The summed E-state index contributed by atoms with van der Waals surface area (Å²) in [6.07, 6.45) is 0. The van der Waals surface area contributed by atoms with E-state index in [0.717, 1.165) is 12.1 Å². The van der Waals surface area contributed by atoms with E-state index in [1.54, 1.807) is 6.92 Å². The average molecular weight is 339 g/mol. The summed E-state index contributed by atoms with van der Waals surface area (Å²) in [5, 5.41) is 7.03. The second-order valence-electron chi connectivity index (χ2n) is 4.58. The predicted molar refractivity (Wildman–Crippen MR) is 81.4 cm³/mol. The molecule has 24 heavy (non-hydrogen) atoms. The van der Waals surface area contributed by atoms with E-state index in [9.17, 15) is 23.6 Å². The van der Waals surface area contributed by atoms with Crippen LogP contribution in [0.5, 0.6) is 0 Å². The van der Waals surface area contributed by atoms with Crippen LogP contribution in [0.25, 0.3) is 0 Å². The molecule has 0 aromatic heterocycles. The van der Waals surface area contributed by atoms with E-state index < -0.39 is 36.8 Å². The molecule has 0 spiro atoms. The number of hydrogen-bond acceptors (Lipinski definition) is 5. The van der Waals surface area contributed by atoms with Gasteiger partial charge in [-0.2, -0.15) is 0 Å². The Morgan fingerprint density at radius 3 is 2.25 bits per heavy atom. The van der Waals surface area contributed by atoms with Crippen LogP contribution in [0.4, 0.5) is 4.39 Å². The van der Waals surface area contributed by atoms with E-state index in [1.165, 1.54) is 12.1 Å². The van der Waals surface area contributed by atoms with E-state index in [-0.39, 0.29) is 18.0 Å². The van der Waals surface area contributed by atoms with Gasteiger partial charge in [0.2, 0.25) is 5.91 Å². The fourth-order valence-corrected chi connectivity index (χ4v) is 1.54. The molecule has 3 N–H and O–H groups in total. The molecular formula is C15H18FN3O5. The molecule has 0 saturated heterocycles. The van der Waals surface area contributed by atoms with Gasteiger partial charge in [0.05, 0.1) is 6.54 Å². The first-order valence-electron chi connectivity index (χ1n) is 7.15. The van der Waals surface area contributed by atoms with Crippen molar-refractivity contribution in [2.24, 2.45) is 0 Å². The van der Waals surface area contributed by atoms with E-state index in [1.807, 2.05) is 0 Å². The molecule has 0 bridgehead atoms. The molecule has 0 aliphatic heterocycles. The standard InChI is InChI=1S/C15H18FN3O5/c1-2-17-12(20)7-18-13(21)9-24-14(22)8-19-15(23)10-3-5-11(16)6-4-10/h3-6H,2,7-9H2,1H3,(H,17,20)(H,18,21)(H,19,23). The van der Waals surface area contributed by atoms with Crippen LogP contribution < -0.4 is 16.0 Å². The number of carbonyl (C=O) groups is 4. The van der Waals surface area contributed by atoms with Gasteiger partial charge in [-0.15, -0.1) is 0 Å². The van der Waals surface area contributed by atoms with Crippen LogP contribution in [0, 0.1) is 5.82 Å². The Kier molecular flexibility index (Phi) is 7.89. The number of ether oxygens (including phenoxy) is 1. The molecule has 0 aliphatic carbocycles. The van der Waals surface area contributed by atoms with Crippen molar-refractivity contribution in [2.45, 2.75) is 6.92 Å². The van der Waals surface area contributed by atoms with Crippen molar-refractivity contribution in [3.63, 3.8) is 0 Å². The third-order valence-corrected chi connectivity index (χ3v) is 2.68. The second kappa shape index (κ2) is 9.93. The number of rotatable bonds is 8. The summed E-state index contributed by atoms with van der Waals surface area (Å²) < 4.78 is 17.4. The topological polar surface area (TPSA) is 114 Å². The number of benzene rings is 1. The highest BCUT2D eigenvalue weighted by Gasteiger charge is 2.11. The van der Waals surface area contributed by atoms with Crippen LogP contribution in [0.3, 0.4) is 0 Å². The maximum atomic E-state index is 12.7. The lowest BCUT2D eigenvalue weighted by Gasteiger charge is -2.07. The molecule has 1 aromatic rings. The summed E-state index contributed by atoms with van der Waals surface area (Å²) in [5.74, 6) is -2.88. The Hall–Kier alpha value is -2.97. The minimum absolute atomic E-state index is 0.184. The van der Waals surface area contributed by atoms with E-state index in [2.05, 4.69) is 20.7 Å². The molecule has 1 rings (SSSR count). The van der Waals surface area contributed by atoms with E-state index in [4.69, 9.17) is 0 Å². The van der Waals surface area contributed by atoms with Crippen LogP contribution in [-0.2, 0) is 19.1 Å². The predicted octanol–water partition coefficient (Wildman–Crippen LogP) is -0.649. The summed E-state index contributed by atoms with van der Waals surface area (Å²) in [5.41, 5.74) is 0.184. The van der Waals surface area contributed by atoms with Crippen molar-refractivity contribution in [1.29, 1.82) is 0 Å². The van der Waals surface area contributed by atoms with Crippen molar-refractivity contribution in [3.05, 3.63) is 35.6 Å². The van der Waals surface area contributed by atoms with Gasteiger partial charge in [0, 0.05) is 12.1 Å². The molecule has 0 radical (unpaired) electrons. The molecule has 0 fully saturated rings. The lowest BCUT2D eigenvalue weighted by Crippen LogP contribution is -2.39. The van der Waals surface area contributed by atoms with Gasteiger partial charge in [0.25, 0.3) is 11.8 Å². The fourth-order valence-electron chi connectivity index (χ4n) is 1.54. The van der Waals surface area contributed by atoms with Gasteiger partial charge < -0.3 is 20.7 Å². The number of esters is 1. The fraction of sp³-hybridized carbons (Fsp3) is 0.333. The largest absolute Gasteiger partial charge is 0.454 e. The van der Waals surface area contributed by atoms with Crippen LogP contribution in [0.15, 0.2) is 24.3 Å². The van der Waals surface area contributed by atoms with Gasteiger partial charge in [0.15, 0.2) is 6.61 Å². The Morgan fingerprint density at radius 2 is 1.62 bits per heavy atom. The smallest absolute Gasteiger partial charge is 0.325 e. The van der Waals surface area contributed by atoms with Crippen molar-refractivity contribution in [2.75, 3.05) is 26.2 Å². The zero-order valence-electron chi connectivity index (χ0n) is 13.1. The van der Waals surface area contributed by atoms with E-state index in [0.29, 0.717) is 6.54 Å². The van der Waals surface area contributed by atoms with Gasteiger partial charge in [0.1, 0.15) is 12.4 Å². The van der Waals surface area contributed by atoms with E-state index >= 15 is 0 Å². The normalized spacial score (nSPS) is 9.75. The highest BCUT2D eigenvalue weighted by molar-refractivity contribution is 5.96. The SMILES string of the molecule is CCNC(=O)CNC(=O)COC(=O)CNC(=O)c1ccc(F)cc1. The zero-order valence-corrected chi connectivity index (χ0v) is 13.1. The minimum atomic E-state index is -0.821. The number of nitrogens with one attached hydrogen (secondary N) is 3. The molecule has 0 aliphatic rings. The summed E-state index contributed by atoms with van der Waals surface area (Å²) in [4.78, 5) is 45.6. The van der Waals surface area contributed by atoms with Crippen molar-refractivity contribution in [3.8, 4) is 0 Å². The molecule has 0 atom stereocenters. The van der Waals surface area contributed by atoms with Crippen LogP contribution in [0.2, 0.25) is 0 Å². The van der Waals surface area contributed by atoms with Crippen LogP contribution in [0.1, 0.15) is 17.3 Å². The summed E-state index contributed by atoms with van der Waals surface area (Å²) in [6.45, 7) is 0.954. The summed E-state index contributed by atoms with van der Waals surface area (Å²) in [6, 6.07) is 4.77. The highest BCUT2D eigenvalue weighted by atomic mass is 19.1. The third-order valence-electron chi connectivity index (χ3n) is 2.68. The monoisotopic (exact) mass is 339 g/mol. The van der Waals surface area contributed by atoms with Gasteiger partial charge in [-0.1, -0.05) is 0 Å². The third kappa shape index (κ3) is 7.34. The highest BCUT2D eigenvalue weighted by Crippen LogP contribution is 2.02. The number of hydrogen-bond donors (Lipinski definition) is 3. The molecule has 0 saturated carbocycles. The van der Waals surface area contributed by atoms with Crippen LogP contribution >= 0.6 is 0 Å². The number of halogens is 1. The average Bonchev–Trinajstić information content (AvgIpc) is 2.56. The number of likely N-dealkylation sites (N-methyl/N-ethyl adjacent to an activating group) is 1. The minimum Gasteiger partial charge on any atom is -0.454 e. The van der Waals surface area contributed by atoms with Gasteiger partial charge in [-0.25, -0.2) is 4.39 Å². The summed E-state index contributed by atoms with van der Waals surface area (Å²) in [7, 11) is 0. The maximum Gasteiger partial charge on any atom is 0.325 e. The lowest BCUT2D eigenvalue weighted by atomic mass is 10.2. The zero-order chi connectivity index (χ0) is 17.9.